The van der Waals surface area contributed by atoms with Gasteiger partial charge in [-0.2, -0.15) is 5.26 Å². The minimum atomic E-state index is -0.159. The number of hydrogen-bond acceptors (Lipinski definition) is 5. The molecular weight excluding hydrogens is 342 g/mol. The second-order valence-electron chi connectivity index (χ2n) is 6.42. The van der Waals surface area contributed by atoms with Crippen LogP contribution in [0, 0.1) is 11.3 Å². The van der Waals surface area contributed by atoms with E-state index in [1.807, 2.05) is 24.3 Å². The van der Waals surface area contributed by atoms with Crippen LogP contribution in [0.1, 0.15) is 12.5 Å². The minimum Gasteiger partial charge on any atom is -0.485 e. The summed E-state index contributed by atoms with van der Waals surface area (Å²) in [5.74, 6) is 1.10. The van der Waals surface area contributed by atoms with Crippen molar-refractivity contribution >= 4 is 11.6 Å². The van der Waals surface area contributed by atoms with Crippen molar-refractivity contribution in [3.8, 4) is 17.6 Å². The number of nitriles is 1. The number of hydrogen-bond donors (Lipinski definition) is 0. The lowest BCUT2D eigenvalue weighted by Gasteiger charge is -2.37. The lowest BCUT2D eigenvalue weighted by Crippen LogP contribution is -2.47. The molecule has 2 aromatic rings. The quantitative estimate of drug-likeness (QED) is 0.787. The molecule has 0 bridgehead atoms. The van der Waals surface area contributed by atoms with E-state index in [0.717, 1.165) is 24.5 Å². The molecular formula is C21H23N3O3. The molecule has 0 spiro atoms. The first kappa shape index (κ1) is 18.6. The predicted octanol–water partition coefficient (Wildman–Crippen LogP) is 2.68. The van der Waals surface area contributed by atoms with E-state index in [1.165, 1.54) is 0 Å². The molecule has 0 aromatic heterocycles. The van der Waals surface area contributed by atoms with Crippen molar-refractivity contribution in [2.45, 2.75) is 13.0 Å². The van der Waals surface area contributed by atoms with Crippen LogP contribution >= 0.6 is 0 Å². The van der Waals surface area contributed by atoms with Gasteiger partial charge in [0.2, 0.25) is 0 Å². The normalized spacial score (nSPS) is 15.3. The summed E-state index contributed by atoms with van der Waals surface area (Å²) in [6.07, 6.45) is -0.111. The molecule has 140 valence electrons. The van der Waals surface area contributed by atoms with Crippen molar-refractivity contribution in [2.24, 2.45) is 0 Å². The average Bonchev–Trinajstić information content (AvgIpc) is 2.71. The Labute approximate surface area is 159 Å². The summed E-state index contributed by atoms with van der Waals surface area (Å²) < 4.78 is 11.6. The van der Waals surface area contributed by atoms with Crippen LogP contribution in [0.4, 0.5) is 5.69 Å². The highest BCUT2D eigenvalue weighted by molar-refractivity contribution is 5.77. The van der Waals surface area contributed by atoms with Crippen LogP contribution in [-0.4, -0.2) is 50.2 Å². The van der Waals surface area contributed by atoms with Gasteiger partial charge >= 0.3 is 0 Å². The summed E-state index contributed by atoms with van der Waals surface area (Å²) in [4.78, 5) is 16.3. The van der Waals surface area contributed by atoms with Gasteiger partial charge in [0.1, 0.15) is 23.7 Å². The average molecular weight is 365 g/mol. The Bertz CT molecular complexity index is 847. The molecule has 0 unspecified atom stereocenters. The third kappa shape index (κ3) is 4.32. The fourth-order valence-electron chi connectivity index (χ4n) is 3.12. The molecule has 0 fully saturated rings. The van der Waals surface area contributed by atoms with Gasteiger partial charge in [0.15, 0.2) is 6.61 Å². The van der Waals surface area contributed by atoms with Gasteiger partial charge in [0.25, 0.3) is 5.91 Å². The number of carbonyl (C=O) groups is 1. The summed E-state index contributed by atoms with van der Waals surface area (Å²) in [5, 5.41) is 9.09. The Kier molecular flexibility index (Phi) is 5.82. The van der Waals surface area contributed by atoms with Crippen LogP contribution < -0.4 is 14.4 Å². The first-order chi connectivity index (χ1) is 13.1. The second kappa shape index (κ2) is 8.45. The number of likely N-dealkylation sites (N-methyl/N-ethyl adjacent to an activating group) is 2. The largest absolute Gasteiger partial charge is 0.485 e. The number of carbonyl (C=O) groups excluding carboxylic acids is 1. The van der Waals surface area contributed by atoms with E-state index in [9.17, 15) is 4.79 Å². The molecule has 1 atom stereocenters. The number of amides is 1. The highest BCUT2D eigenvalue weighted by atomic mass is 16.5. The van der Waals surface area contributed by atoms with Crippen molar-refractivity contribution in [2.75, 3.05) is 38.2 Å². The summed E-state index contributed by atoms with van der Waals surface area (Å²) in [7, 11) is 1.74. The van der Waals surface area contributed by atoms with E-state index in [2.05, 4.69) is 17.9 Å². The third-order valence-electron chi connectivity index (χ3n) is 4.57. The van der Waals surface area contributed by atoms with E-state index in [1.54, 1.807) is 36.2 Å². The molecule has 0 radical (unpaired) electrons. The molecule has 0 saturated carbocycles. The van der Waals surface area contributed by atoms with Crippen LogP contribution in [0.15, 0.2) is 48.5 Å². The molecule has 27 heavy (non-hydrogen) atoms. The molecule has 1 heterocycles. The molecule has 3 rings (SSSR count). The zero-order chi connectivity index (χ0) is 19.2. The fraction of sp³-hybridized carbons (Fsp3) is 0.333. The zero-order valence-electron chi connectivity index (χ0n) is 15.6. The van der Waals surface area contributed by atoms with Crippen LogP contribution in [0.3, 0.4) is 0 Å². The van der Waals surface area contributed by atoms with Crippen LogP contribution in [0.2, 0.25) is 0 Å². The highest BCUT2D eigenvalue weighted by Crippen LogP contribution is 2.32. The van der Waals surface area contributed by atoms with Crippen molar-refractivity contribution in [3.63, 3.8) is 0 Å². The van der Waals surface area contributed by atoms with Gasteiger partial charge in [-0.15, -0.1) is 0 Å². The van der Waals surface area contributed by atoms with Crippen molar-refractivity contribution in [1.29, 1.82) is 5.26 Å². The van der Waals surface area contributed by atoms with Crippen LogP contribution in [-0.2, 0) is 4.79 Å². The van der Waals surface area contributed by atoms with E-state index >= 15 is 0 Å². The predicted molar refractivity (Wildman–Crippen MR) is 103 cm³/mol. The van der Waals surface area contributed by atoms with Crippen molar-refractivity contribution < 1.29 is 14.3 Å². The Morgan fingerprint density at radius 1 is 1.30 bits per heavy atom. The maximum Gasteiger partial charge on any atom is 0.260 e. The maximum absolute atomic E-state index is 12.4. The van der Waals surface area contributed by atoms with Gasteiger partial charge in [-0.3, -0.25) is 4.79 Å². The number of para-hydroxylation sites is 3. The number of anilines is 1. The molecule has 0 N–H and O–H groups in total. The lowest BCUT2D eigenvalue weighted by molar-refractivity contribution is -0.133. The monoisotopic (exact) mass is 365 g/mol. The van der Waals surface area contributed by atoms with E-state index in [0.29, 0.717) is 17.9 Å². The minimum absolute atomic E-state index is 0.111. The van der Waals surface area contributed by atoms with Gasteiger partial charge in [0.05, 0.1) is 24.3 Å². The van der Waals surface area contributed by atoms with E-state index in [4.69, 9.17) is 14.7 Å². The smallest absolute Gasteiger partial charge is 0.260 e. The molecule has 1 aliphatic heterocycles. The molecule has 0 saturated heterocycles. The standard InChI is InChI=1S/C21H23N3O3/c1-3-24-14-17(27-20-11-7-5-9-18(20)24)13-23(2)21(25)15-26-19-10-6-4-8-16(19)12-22/h4-11,17H,3,13-15H2,1-2H3/t17-/m0/s1. The number of rotatable bonds is 6. The third-order valence-corrected chi connectivity index (χ3v) is 4.57. The number of benzene rings is 2. The van der Waals surface area contributed by atoms with Crippen LogP contribution in [0.25, 0.3) is 0 Å². The Morgan fingerprint density at radius 3 is 2.81 bits per heavy atom. The maximum atomic E-state index is 12.4. The summed E-state index contributed by atoms with van der Waals surface area (Å²) in [5.41, 5.74) is 1.50. The first-order valence-electron chi connectivity index (χ1n) is 8.99. The lowest BCUT2D eigenvalue weighted by atomic mass is 10.2. The van der Waals surface area contributed by atoms with Gasteiger partial charge in [-0.05, 0) is 31.2 Å². The molecule has 0 aliphatic carbocycles. The van der Waals surface area contributed by atoms with Gasteiger partial charge < -0.3 is 19.3 Å². The second-order valence-corrected chi connectivity index (χ2v) is 6.42. The SMILES string of the molecule is CCN1C[C@H](CN(C)C(=O)COc2ccccc2C#N)Oc2ccccc21. The molecule has 6 heteroatoms. The van der Waals surface area contributed by atoms with E-state index < -0.39 is 0 Å². The van der Waals surface area contributed by atoms with Gasteiger partial charge in [-0.1, -0.05) is 24.3 Å². The first-order valence-corrected chi connectivity index (χ1v) is 8.99. The Hall–Kier alpha value is -3.20. The summed E-state index contributed by atoms with van der Waals surface area (Å²) >= 11 is 0. The number of fused-ring (bicyclic) bond motifs is 1. The Balaban J connectivity index is 1.58. The zero-order valence-corrected chi connectivity index (χ0v) is 15.6. The van der Waals surface area contributed by atoms with E-state index in [-0.39, 0.29) is 18.6 Å². The summed E-state index contributed by atoms with van der Waals surface area (Å²) in [6.45, 7) is 4.06. The molecule has 1 amide bonds. The molecule has 2 aromatic carbocycles. The number of ether oxygens (including phenoxy) is 2. The van der Waals surface area contributed by atoms with Crippen molar-refractivity contribution in [1.82, 2.24) is 4.90 Å². The van der Waals surface area contributed by atoms with Gasteiger partial charge in [-0.25, -0.2) is 0 Å². The highest BCUT2D eigenvalue weighted by Gasteiger charge is 2.26. The van der Waals surface area contributed by atoms with Crippen molar-refractivity contribution in [3.05, 3.63) is 54.1 Å². The number of nitrogens with zero attached hydrogens (tertiary/aromatic N) is 3. The molecule has 6 nitrogen and oxygen atoms in total. The fourth-order valence-corrected chi connectivity index (χ4v) is 3.12. The van der Waals surface area contributed by atoms with Gasteiger partial charge in [0, 0.05) is 13.6 Å². The molecule has 1 aliphatic rings. The summed E-state index contributed by atoms with van der Waals surface area (Å²) in [6, 6.07) is 16.9. The topological polar surface area (TPSA) is 65.8 Å². The Morgan fingerprint density at radius 2 is 2.04 bits per heavy atom. The van der Waals surface area contributed by atoms with Crippen LogP contribution in [0.5, 0.6) is 11.5 Å².